The maximum absolute atomic E-state index is 12.5. The third kappa shape index (κ3) is 3.05. The van der Waals surface area contributed by atoms with Crippen molar-refractivity contribution in [3.63, 3.8) is 0 Å². The molecule has 4 nitrogen and oxygen atoms in total. The van der Waals surface area contributed by atoms with Gasteiger partial charge in [-0.05, 0) is 37.0 Å². The fourth-order valence-corrected chi connectivity index (χ4v) is 4.02. The molecule has 0 unspecified atom stereocenters. The number of nitrogens with one attached hydrogen (secondary N) is 1. The van der Waals surface area contributed by atoms with Crippen molar-refractivity contribution in [1.82, 2.24) is 0 Å². The van der Waals surface area contributed by atoms with Gasteiger partial charge in [-0.15, -0.1) is 0 Å². The molecule has 0 saturated heterocycles. The standard InChI is InChI=1S/C17H21BrN2O2/c1-11(21)20-8-7-13-9-14(18)10-15(16(13)20)19-17(22)12-5-3-2-4-6-12/h9-10,12H,2-8H2,1H3,(H,19,22). The third-order valence-electron chi connectivity index (χ3n) is 4.64. The van der Waals surface area contributed by atoms with Gasteiger partial charge in [-0.2, -0.15) is 0 Å². The van der Waals surface area contributed by atoms with Crippen LogP contribution in [0.4, 0.5) is 11.4 Å². The summed E-state index contributed by atoms with van der Waals surface area (Å²) in [5.74, 6) is 0.222. The average Bonchev–Trinajstić information content (AvgIpc) is 2.92. The maximum Gasteiger partial charge on any atom is 0.227 e. The molecule has 118 valence electrons. The van der Waals surface area contributed by atoms with Crippen LogP contribution < -0.4 is 10.2 Å². The first kappa shape index (κ1) is 15.5. The molecular formula is C17H21BrN2O2. The number of carbonyl (C=O) groups excluding carboxylic acids is 2. The van der Waals surface area contributed by atoms with Gasteiger partial charge in [-0.1, -0.05) is 35.2 Å². The summed E-state index contributed by atoms with van der Waals surface area (Å²) in [6, 6.07) is 3.94. The summed E-state index contributed by atoms with van der Waals surface area (Å²) in [6.45, 7) is 2.26. The number of hydrogen-bond acceptors (Lipinski definition) is 2. The molecule has 0 radical (unpaired) electrons. The fourth-order valence-electron chi connectivity index (χ4n) is 3.52. The molecule has 1 aromatic carbocycles. The highest BCUT2D eigenvalue weighted by molar-refractivity contribution is 9.10. The lowest BCUT2D eigenvalue weighted by Gasteiger charge is -2.23. The lowest BCUT2D eigenvalue weighted by atomic mass is 9.88. The zero-order chi connectivity index (χ0) is 15.7. The summed E-state index contributed by atoms with van der Waals surface area (Å²) in [5.41, 5.74) is 2.75. The number of carbonyl (C=O) groups is 2. The first-order chi connectivity index (χ1) is 10.6. The van der Waals surface area contributed by atoms with Gasteiger partial charge in [-0.3, -0.25) is 9.59 Å². The molecule has 1 saturated carbocycles. The van der Waals surface area contributed by atoms with Gasteiger partial charge in [0, 0.05) is 23.9 Å². The third-order valence-corrected chi connectivity index (χ3v) is 5.10. The minimum Gasteiger partial charge on any atom is -0.324 e. The number of halogens is 1. The van der Waals surface area contributed by atoms with Crippen LogP contribution >= 0.6 is 15.9 Å². The molecule has 1 aliphatic carbocycles. The highest BCUT2D eigenvalue weighted by atomic mass is 79.9. The van der Waals surface area contributed by atoms with Gasteiger partial charge in [-0.25, -0.2) is 0 Å². The van der Waals surface area contributed by atoms with Gasteiger partial charge < -0.3 is 10.2 Å². The van der Waals surface area contributed by atoms with Crippen LogP contribution in [-0.4, -0.2) is 18.4 Å². The molecule has 0 aromatic heterocycles. The molecule has 1 aromatic rings. The van der Waals surface area contributed by atoms with Crippen LogP contribution in [0.1, 0.15) is 44.6 Å². The fraction of sp³-hybridized carbons (Fsp3) is 0.529. The summed E-state index contributed by atoms with van der Waals surface area (Å²) >= 11 is 3.50. The van der Waals surface area contributed by atoms with Gasteiger partial charge in [0.15, 0.2) is 0 Å². The second kappa shape index (κ2) is 6.41. The van der Waals surface area contributed by atoms with E-state index in [0.29, 0.717) is 6.54 Å². The molecule has 1 fully saturated rings. The lowest BCUT2D eigenvalue weighted by molar-refractivity contribution is -0.121. The number of rotatable bonds is 2. The summed E-state index contributed by atoms with van der Waals surface area (Å²) in [7, 11) is 0. The number of hydrogen-bond donors (Lipinski definition) is 1. The second-order valence-corrected chi connectivity index (χ2v) is 7.12. The van der Waals surface area contributed by atoms with Crippen LogP contribution in [0.2, 0.25) is 0 Å². The van der Waals surface area contributed by atoms with Crippen molar-refractivity contribution >= 4 is 39.1 Å². The first-order valence-corrected chi connectivity index (χ1v) is 8.77. The van der Waals surface area contributed by atoms with Crippen LogP contribution in [0.5, 0.6) is 0 Å². The smallest absolute Gasteiger partial charge is 0.227 e. The summed E-state index contributed by atoms with van der Waals surface area (Å²) in [6.07, 6.45) is 6.27. The molecule has 1 heterocycles. The Hall–Kier alpha value is -1.36. The topological polar surface area (TPSA) is 49.4 Å². The SMILES string of the molecule is CC(=O)N1CCc2cc(Br)cc(NC(=O)C3CCCCC3)c21. The molecule has 22 heavy (non-hydrogen) atoms. The molecule has 2 aliphatic rings. The molecule has 5 heteroatoms. The number of fused-ring (bicyclic) bond motifs is 1. The predicted molar refractivity (Wildman–Crippen MR) is 91.1 cm³/mol. The van der Waals surface area contributed by atoms with E-state index in [2.05, 4.69) is 21.2 Å². The van der Waals surface area contributed by atoms with E-state index in [1.807, 2.05) is 12.1 Å². The Bertz CT molecular complexity index is 609. The van der Waals surface area contributed by atoms with Crippen molar-refractivity contribution in [2.24, 2.45) is 5.92 Å². The molecule has 0 bridgehead atoms. The van der Waals surface area contributed by atoms with Crippen LogP contribution in [0.25, 0.3) is 0 Å². The minimum absolute atomic E-state index is 0.0224. The predicted octanol–water partition coefficient (Wildman–Crippen LogP) is 3.88. The van der Waals surface area contributed by atoms with E-state index in [9.17, 15) is 9.59 Å². The van der Waals surface area contributed by atoms with Crippen LogP contribution in [0.15, 0.2) is 16.6 Å². The van der Waals surface area contributed by atoms with E-state index in [1.165, 1.54) is 6.42 Å². The summed E-state index contributed by atoms with van der Waals surface area (Å²) in [5, 5.41) is 3.07. The molecule has 2 amide bonds. The van der Waals surface area contributed by atoms with Gasteiger partial charge in [0.25, 0.3) is 0 Å². The van der Waals surface area contributed by atoms with Crippen molar-refractivity contribution in [1.29, 1.82) is 0 Å². The number of anilines is 2. The Morgan fingerprint density at radius 1 is 1.23 bits per heavy atom. The zero-order valence-corrected chi connectivity index (χ0v) is 14.4. The van der Waals surface area contributed by atoms with Crippen LogP contribution in [-0.2, 0) is 16.0 Å². The van der Waals surface area contributed by atoms with E-state index < -0.39 is 0 Å². The lowest BCUT2D eigenvalue weighted by Crippen LogP contribution is -2.29. The second-order valence-electron chi connectivity index (χ2n) is 6.21. The summed E-state index contributed by atoms with van der Waals surface area (Å²) in [4.78, 5) is 26.1. The van der Waals surface area contributed by atoms with Crippen molar-refractivity contribution in [2.45, 2.75) is 45.4 Å². The van der Waals surface area contributed by atoms with E-state index in [0.717, 1.165) is 53.5 Å². The molecular weight excluding hydrogens is 344 g/mol. The number of amides is 2. The van der Waals surface area contributed by atoms with E-state index in [-0.39, 0.29) is 17.7 Å². The minimum atomic E-state index is 0.0224. The van der Waals surface area contributed by atoms with Gasteiger partial charge in [0.1, 0.15) is 0 Å². The highest BCUT2D eigenvalue weighted by Crippen LogP contribution is 2.39. The highest BCUT2D eigenvalue weighted by Gasteiger charge is 2.28. The van der Waals surface area contributed by atoms with E-state index >= 15 is 0 Å². The average molecular weight is 365 g/mol. The molecule has 1 aliphatic heterocycles. The molecule has 0 atom stereocenters. The Morgan fingerprint density at radius 2 is 1.95 bits per heavy atom. The van der Waals surface area contributed by atoms with E-state index in [1.54, 1.807) is 11.8 Å². The normalized spacial score (nSPS) is 18.2. The van der Waals surface area contributed by atoms with Crippen molar-refractivity contribution in [3.05, 3.63) is 22.2 Å². The van der Waals surface area contributed by atoms with Crippen molar-refractivity contribution in [2.75, 3.05) is 16.8 Å². The van der Waals surface area contributed by atoms with Gasteiger partial charge in [0.05, 0.1) is 11.4 Å². The maximum atomic E-state index is 12.5. The number of nitrogens with zero attached hydrogens (tertiary/aromatic N) is 1. The zero-order valence-electron chi connectivity index (χ0n) is 12.8. The Labute approximate surface area is 139 Å². The molecule has 3 rings (SSSR count). The first-order valence-electron chi connectivity index (χ1n) is 7.97. The summed E-state index contributed by atoms with van der Waals surface area (Å²) < 4.78 is 0.940. The Morgan fingerprint density at radius 3 is 2.64 bits per heavy atom. The molecule has 0 spiro atoms. The quantitative estimate of drug-likeness (QED) is 0.865. The van der Waals surface area contributed by atoms with Crippen LogP contribution in [0.3, 0.4) is 0 Å². The van der Waals surface area contributed by atoms with Crippen molar-refractivity contribution < 1.29 is 9.59 Å². The Kier molecular flexibility index (Phi) is 4.52. The molecule has 1 N–H and O–H groups in total. The van der Waals surface area contributed by atoms with Crippen LogP contribution in [0, 0.1) is 5.92 Å². The largest absolute Gasteiger partial charge is 0.324 e. The van der Waals surface area contributed by atoms with E-state index in [4.69, 9.17) is 0 Å². The van der Waals surface area contributed by atoms with Crippen molar-refractivity contribution in [3.8, 4) is 0 Å². The van der Waals surface area contributed by atoms with Gasteiger partial charge in [0.2, 0.25) is 11.8 Å². The Balaban J connectivity index is 1.87. The monoisotopic (exact) mass is 364 g/mol. The van der Waals surface area contributed by atoms with Gasteiger partial charge >= 0.3 is 0 Å². The number of benzene rings is 1.